The van der Waals surface area contributed by atoms with E-state index >= 15 is 0 Å². The first-order valence-electron chi connectivity index (χ1n) is 12.9. The van der Waals surface area contributed by atoms with Gasteiger partial charge in [0.1, 0.15) is 5.75 Å². The highest BCUT2D eigenvalue weighted by Gasteiger charge is 2.30. The maximum atomic E-state index is 13.4. The number of phenolic OH excluding ortho intramolecular Hbond substituents is 1. The van der Waals surface area contributed by atoms with E-state index < -0.39 is 28.1 Å². The van der Waals surface area contributed by atoms with Crippen LogP contribution in [0.15, 0.2) is 83.8 Å². The normalized spacial score (nSPS) is 13.2. The second-order valence-electron chi connectivity index (χ2n) is 9.18. The zero-order valence-electron chi connectivity index (χ0n) is 22.9. The number of sulfonamides is 1. The molecule has 0 radical (unpaired) electrons. The number of ether oxygens (including phenoxy) is 2. The maximum absolute atomic E-state index is 13.4. The van der Waals surface area contributed by atoms with E-state index in [1.54, 1.807) is 30.3 Å². The van der Waals surface area contributed by atoms with Crippen LogP contribution in [0.25, 0.3) is 6.08 Å². The lowest BCUT2D eigenvalue weighted by Gasteiger charge is -2.29. The Morgan fingerprint density at radius 1 is 1.02 bits per heavy atom. The Labute approximate surface area is 235 Å². The van der Waals surface area contributed by atoms with Gasteiger partial charge in [0, 0.05) is 19.2 Å². The van der Waals surface area contributed by atoms with Crippen molar-refractivity contribution in [3.8, 4) is 17.2 Å². The van der Waals surface area contributed by atoms with Crippen molar-refractivity contribution < 1.29 is 32.9 Å². The molecule has 3 N–H and O–H groups in total. The highest BCUT2D eigenvalue weighted by molar-refractivity contribution is 7.89. The number of aliphatic hydroxyl groups is 1. The fourth-order valence-corrected chi connectivity index (χ4v) is 5.69. The molecule has 0 aromatic heterocycles. The van der Waals surface area contributed by atoms with Crippen molar-refractivity contribution >= 4 is 22.0 Å². The predicted molar refractivity (Wildman–Crippen MR) is 154 cm³/mol. The Balaban J connectivity index is 1.81. The highest BCUT2D eigenvalue weighted by Crippen LogP contribution is 2.26. The lowest BCUT2D eigenvalue weighted by atomic mass is 10.0. The number of aliphatic hydroxyl groups excluding tert-OH is 1. The minimum Gasteiger partial charge on any atom is -0.504 e. The molecular formula is C30H36N2O7S. The van der Waals surface area contributed by atoms with E-state index in [9.17, 15) is 23.4 Å². The molecule has 0 unspecified atom stereocenters. The van der Waals surface area contributed by atoms with E-state index in [-0.39, 0.29) is 35.9 Å². The van der Waals surface area contributed by atoms with Gasteiger partial charge in [-0.2, -0.15) is 4.31 Å². The summed E-state index contributed by atoms with van der Waals surface area (Å²) in [5, 5.41) is 23.9. The second kappa shape index (κ2) is 14.5. The lowest BCUT2D eigenvalue weighted by Crippen LogP contribution is -2.50. The van der Waals surface area contributed by atoms with Crippen LogP contribution in [0.3, 0.4) is 0 Å². The van der Waals surface area contributed by atoms with Crippen LogP contribution < -0.4 is 14.8 Å². The van der Waals surface area contributed by atoms with Gasteiger partial charge in [-0.15, -0.1) is 0 Å². The smallest absolute Gasteiger partial charge is 0.244 e. The summed E-state index contributed by atoms with van der Waals surface area (Å²) in [7, 11) is -0.983. The van der Waals surface area contributed by atoms with Gasteiger partial charge in [-0.25, -0.2) is 8.42 Å². The van der Waals surface area contributed by atoms with Crippen LogP contribution in [-0.4, -0.2) is 68.3 Å². The first-order valence-corrected chi connectivity index (χ1v) is 14.3. The molecule has 0 heterocycles. The monoisotopic (exact) mass is 568 g/mol. The number of hydrogen-bond donors (Lipinski definition) is 3. The summed E-state index contributed by atoms with van der Waals surface area (Å²) in [6.45, 7) is 1.84. The van der Waals surface area contributed by atoms with Crippen LogP contribution in [0.1, 0.15) is 24.5 Å². The molecule has 0 saturated carbocycles. The number of methoxy groups -OCH3 is 2. The molecule has 0 aliphatic carbocycles. The number of carbonyl (C=O) groups excluding carboxylic acids is 1. The number of nitrogens with one attached hydrogen (secondary N) is 1. The third-order valence-electron chi connectivity index (χ3n) is 6.28. The standard InChI is InChI=1S/C30H36N2O7S/c1-4-18-32(40(36,37)25-14-12-24(38-2)13-15-25)21-28(34)26(19-22-8-6-5-7-9-22)31-30(35)17-11-23-10-16-27(33)29(20-23)39-3/h5-17,20,26,28,33-34H,4,18-19,21H2,1-3H3,(H,31,35)/b17-11+/t26-,28+/m0/s1. The SMILES string of the molecule is CCCN(C[C@@H](O)[C@H](Cc1ccccc1)NC(=O)/C=C/c1ccc(O)c(OC)c1)S(=O)(=O)c1ccc(OC)cc1. The van der Waals surface area contributed by atoms with Crippen LogP contribution in [0.5, 0.6) is 17.2 Å². The molecule has 10 heteroatoms. The van der Waals surface area contributed by atoms with Crippen molar-refractivity contribution in [2.75, 3.05) is 27.3 Å². The van der Waals surface area contributed by atoms with Gasteiger partial charge in [0.25, 0.3) is 0 Å². The minimum absolute atomic E-state index is 0.0172. The van der Waals surface area contributed by atoms with Crippen LogP contribution >= 0.6 is 0 Å². The molecule has 0 saturated heterocycles. The Morgan fingerprint density at radius 3 is 2.35 bits per heavy atom. The van der Waals surface area contributed by atoms with Gasteiger partial charge in [0.15, 0.2) is 11.5 Å². The van der Waals surface area contributed by atoms with Gasteiger partial charge in [0.2, 0.25) is 15.9 Å². The topological polar surface area (TPSA) is 125 Å². The van der Waals surface area contributed by atoms with Gasteiger partial charge in [-0.1, -0.05) is 43.3 Å². The Kier molecular flexibility index (Phi) is 11.1. The molecule has 3 aromatic rings. The second-order valence-corrected chi connectivity index (χ2v) is 11.1. The number of aromatic hydroxyl groups is 1. The number of amides is 1. The van der Waals surface area contributed by atoms with E-state index in [4.69, 9.17) is 9.47 Å². The van der Waals surface area contributed by atoms with Crippen LogP contribution in [0.4, 0.5) is 0 Å². The van der Waals surface area contributed by atoms with Crippen molar-refractivity contribution in [2.24, 2.45) is 0 Å². The summed E-state index contributed by atoms with van der Waals surface area (Å²) in [5.41, 5.74) is 1.50. The fourth-order valence-electron chi connectivity index (χ4n) is 4.14. The Bertz CT molecular complexity index is 1380. The van der Waals surface area contributed by atoms with Crippen molar-refractivity contribution in [1.29, 1.82) is 0 Å². The van der Waals surface area contributed by atoms with Gasteiger partial charge in [0.05, 0.1) is 31.3 Å². The minimum atomic E-state index is -3.92. The van der Waals surface area contributed by atoms with Crippen LogP contribution in [0.2, 0.25) is 0 Å². The van der Waals surface area contributed by atoms with Gasteiger partial charge < -0.3 is 25.0 Å². The molecular weight excluding hydrogens is 532 g/mol. The van der Waals surface area contributed by atoms with Crippen LogP contribution in [0, 0.1) is 0 Å². The Morgan fingerprint density at radius 2 is 1.73 bits per heavy atom. The van der Waals surface area contributed by atoms with Crippen molar-refractivity contribution in [1.82, 2.24) is 9.62 Å². The molecule has 0 aliphatic rings. The summed E-state index contributed by atoms with van der Waals surface area (Å²) >= 11 is 0. The number of rotatable bonds is 14. The lowest BCUT2D eigenvalue weighted by molar-refractivity contribution is -0.118. The van der Waals surface area contributed by atoms with Crippen molar-refractivity contribution in [2.45, 2.75) is 36.8 Å². The van der Waals surface area contributed by atoms with Crippen molar-refractivity contribution in [3.05, 3.63) is 90.0 Å². The quantitative estimate of drug-likeness (QED) is 0.254. The molecule has 0 aliphatic heterocycles. The summed E-state index contributed by atoms with van der Waals surface area (Å²) in [6, 6.07) is 19.3. The number of hydrogen-bond acceptors (Lipinski definition) is 7. The average molecular weight is 569 g/mol. The zero-order chi connectivity index (χ0) is 29.1. The summed E-state index contributed by atoms with van der Waals surface area (Å²) < 4.78 is 38.4. The summed E-state index contributed by atoms with van der Waals surface area (Å²) in [6.07, 6.45) is 2.49. The fraction of sp³-hybridized carbons (Fsp3) is 0.300. The third kappa shape index (κ3) is 8.32. The first kappa shape index (κ1) is 30.7. The molecule has 2 atom stereocenters. The molecule has 40 heavy (non-hydrogen) atoms. The molecule has 0 fully saturated rings. The largest absolute Gasteiger partial charge is 0.504 e. The molecule has 214 valence electrons. The average Bonchev–Trinajstić information content (AvgIpc) is 2.96. The number of phenols is 1. The Hall–Kier alpha value is -3.86. The predicted octanol–water partition coefficient (Wildman–Crippen LogP) is 3.61. The van der Waals surface area contributed by atoms with E-state index in [0.717, 1.165) is 5.56 Å². The number of nitrogens with zero attached hydrogens (tertiary/aromatic N) is 1. The van der Waals surface area contributed by atoms with Gasteiger partial charge in [-0.3, -0.25) is 4.79 Å². The summed E-state index contributed by atoms with van der Waals surface area (Å²) in [4.78, 5) is 13.0. The third-order valence-corrected chi connectivity index (χ3v) is 8.16. The molecule has 1 amide bonds. The van der Waals surface area contributed by atoms with Gasteiger partial charge in [-0.05, 0) is 66.4 Å². The molecule has 3 rings (SSSR count). The molecule has 9 nitrogen and oxygen atoms in total. The van der Waals surface area contributed by atoms with E-state index in [2.05, 4.69) is 5.32 Å². The number of carbonyl (C=O) groups is 1. The summed E-state index contributed by atoms with van der Waals surface area (Å²) in [5.74, 6) is 0.322. The molecule has 0 spiro atoms. The first-order chi connectivity index (χ1) is 19.2. The molecule has 0 bridgehead atoms. The van der Waals surface area contributed by atoms with Crippen molar-refractivity contribution in [3.63, 3.8) is 0 Å². The van der Waals surface area contributed by atoms with Gasteiger partial charge >= 0.3 is 0 Å². The van der Waals surface area contributed by atoms with E-state index in [1.807, 2.05) is 37.3 Å². The maximum Gasteiger partial charge on any atom is 0.244 e. The number of benzene rings is 3. The molecule has 3 aromatic carbocycles. The highest BCUT2D eigenvalue weighted by atomic mass is 32.2. The van der Waals surface area contributed by atoms with Crippen LogP contribution in [-0.2, 0) is 21.2 Å². The van der Waals surface area contributed by atoms with E-state index in [0.29, 0.717) is 17.7 Å². The van der Waals surface area contributed by atoms with E-state index in [1.165, 1.54) is 42.8 Å². The zero-order valence-corrected chi connectivity index (χ0v) is 23.7.